The summed E-state index contributed by atoms with van der Waals surface area (Å²) in [5, 5.41) is 0. The monoisotopic (exact) mass is 84.1 g/mol. The molecule has 1 rings (SSSR count). The van der Waals surface area contributed by atoms with Crippen molar-refractivity contribution >= 4 is 0 Å². The second-order valence-corrected chi connectivity index (χ2v) is 2.09. The van der Waals surface area contributed by atoms with Gasteiger partial charge in [-0.15, -0.1) is 0 Å². The van der Waals surface area contributed by atoms with Crippen LogP contribution in [0.25, 0.3) is 0 Å². The highest BCUT2D eigenvalue weighted by Crippen LogP contribution is 2.08. The Kier molecular flexibility index (Phi) is 0.845. The average molecular weight is 84.1 g/mol. The standard InChI is InChI=1S/C5H10N/c1-5-3-6(2)4-5/h5H,1,3-4H2,2H3. The van der Waals surface area contributed by atoms with Crippen molar-refractivity contribution in [3.8, 4) is 0 Å². The lowest BCUT2D eigenvalue weighted by Gasteiger charge is -2.32. The topological polar surface area (TPSA) is 3.24 Å². The summed E-state index contributed by atoms with van der Waals surface area (Å²) in [4.78, 5) is 2.26. The summed E-state index contributed by atoms with van der Waals surface area (Å²) >= 11 is 0. The molecule has 0 aliphatic carbocycles. The van der Waals surface area contributed by atoms with Gasteiger partial charge in [-0.3, -0.25) is 0 Å². The van der Waals surface area contributed by atoms with Gasteiger partial charge in [-0.2, -0.15) is 0 Å². The van der Waals surface area contributed by atoms with Crippen LogP contribution in [-0.4, -0.2) is 25.0 Å². The van der Waals surface area contributed by atoms with E-state index in [-0.39, 0.29) is 0 Å². The van der Waals surface area contributed by atoms with Gasteiger partial charge in [0.2, 0.25) is 0 Å². The Morgan fingerprint density at radius 1 is 1.67 bits per heavy atom. The Labute approximate surface area is 39.0 Å². The Hall–Kier alpha value is -0.0400. The second kappa shape index (κ2) is 1.23. The minimum Gasteiger partial charge on any atom is -0.306 e. The SMILES string of the molecule is [CH2]C1CN(C)C1. The smallest absolute Gasteiger partial charge is 0.00190 e. The molecule has 0 amide bonds. The summed E-state index contributed by atoms with van der Waals surface area (Å²) in [6.45, 7) is 6.24. The molecule has 6 heavy (non-hydrogen) atoms. The fourth-order valence-electron chi connectivity index (χ4n) is 0.828. The van der Waals surface area contributed by atoms with Crippen LogP contribution in [0.1, 0.15) is 0 Å². The highest BCUT2D eigenvalue weighted by atomic mass is 15.2. The molecule has 1 heteroatoms. The molecule has 0 unspecified atom stereocenters. The lowest BCUT2D eigenvalue weighted by Crippen LogP contribution is -2.41. The van der Waals surface area contributed by atoms with Crippen LogP contribution in [0.5, 0.6) is 0 Å². The quantitative estimate of drug-likeness (QED) is 0.410. The highest BCUT2D eigenvalue weighted by molar-refractivity contribution is 4.77. The lowest BCUT2D eigenvalue weighted by molar-refractivity contribution is 0.168. The van der Waals surface area contributed by atoms with Crippen LogP contribution < -0.4 is 0 Å². The molecule has 0 aromatic heterocycles. The molecule has 0 aromatic carbocycles. The first-order valence-corrected chi connectivity index (χ1v) is 2.30. The summed E-state index contributed by atoms with van der Waals surface area (Å²) in [7, 11) is 2.11. The zero-order chi connectivity index (χ0) is 4.57. The van der Waals surface area contributed by atoms with E-state index in [4.69, 9.17) is 0 Å². The van der Waals surface area contributed by atoms with Crippen LogP contribution in [-0.2, 0) is 0 Å². The molecule has 0 spiro atoms. The summed E-state index contributed by atoms with van der Waals surface area (Å²) in [5.41, 5.74) is 0. The molecule has 1 aliphatic heterocycles. The van der Waals surface area contributed by atoms with Gasteiger partial charge < -0.3 is 4.90 Å². The van der Waals surface area contributed by atoms with Gasteiger partial charge in [-0.05, 0) is 19.9 Å². The highest BCUT2D eigenvalue weighted by Gasteiger charge is 2.16. The fourth-order valence-corrected chi connectivity index (χ4v) is 0.828. The van der Waals surface area contributed by atoms with Gasteiger partial charge in [0.15, 0.2) is 0 Å². The maximum Gasteiger partial charge on any atom is 0.00190 e. The van der Waals surface area contributed by atoms with Crippen molar-refractivity contribution in [1.82, 2.24) is 4.90 Å². The Morgan fingerprint density at radius 2 is 2.17 bits per heavy atom. The van der Waals surface area contributed by atoms with Crippen LogP contribution in [0.15, 0.2) is 0 Å². The third-order valence-corrected chi connectivity index (χ3v) is 1.14. The largest absolute Gasteiger partial charge is 0.306 e. The normalized spacial score (nSPS) is 27.0. The molecule has 35 valence electrons. The molecule has 1 heterocycles. The zero-order valence-corrected chi connectivity index (χ0v) is 4.15. The molecule has 0 bridgehead atoms. The Morgan fingerprint density at radius 3 is 2.17 bits per heavy atom. The molecule has 0 N–H and O–H groups in total. The van der Waals surface area contributed by atoms with E-state index in [1.807, 2.05) is 0 Å². The first kappa shape index (κ1) is 4.13. The van der Waals surface area contributed by atoms with Gasteiger partial charge in [-0.25, -0.2) is 0 Å². The molecule has 0 aromatic rings. The van der Waals surface area contributed by atoms with Crippen LogP contribution in [0, 0.1) is 12.8 Å². The van der Waals surface area contributed by atoms with Crippen LogP contribution >= 0.6 is 0 Å². The molecule has 1 nitrogen and oxygen atoms in total. The van der Waals surface area contributed by atoms with Gasteiger partial charge in [-0.1, -0.05) is 0 Å². The minimum absolute atomic E-state index is 0.718. The van der Waals surface area contributed by atoms with E-state index in [0.29, 0.717) is 0 Å². The molecular weight excluding hydrogens is 74.1 g/mol. The van der Waals surface area contributed by atoms with Crippen LogP contribution in [0.2, 0.25) is 0 Å². The molecule has 1 radical (unpaired) electrons. The predicted octanol–water partition coefficient (Wildman–Crippen LogP) is 0.382. The van der Waals surface area contributed by atoms with Crippen molar-refractivity contribution in [2.45, 2.75) is 0 Å². The lowest BCUT2D eigenvalue weighted by atomic mass is 10.1. The van der Waals surface area contributed by atoms with Gasteiger partial charge in [0.05, 0.1) is 0 Å². The van der Waals surface area contributed by atoms with Crippen molar-refractivity contribution < 1.29 is 0 Å². The van der Waals surface area contributed by atoms with E-state index in [1.165, 1.54) is 13.1 Å². The van der Waals surface area contributed by atoms with Crippen molar-refractivity contribution in [3.05, 3.63) is 6.92 Å². The maximum atomic E-state index is 3.85. The van der Waals surface area contributed by atoms with Gasteiger partial charge in [0.25, 0.3) is 0 Å². The zero-order valence-electron chi connectivity index (χ0n) is 4.15. The molecule has 1 fully saturated rings. The first-order valence-electron chi connectivity index (χ1n) is 2.30. The van der Waals surface area contributed by atoms with Crippen molar-refractivity contribution in [2.75, 3.05) is 20.1 Å². The molecule has 0 atom stereocenters. The van der Waals surface area contributed by atoms with E-state index >= 15 is 0 Å². The van der Waals surface area contributed by atoms with Gasteiger partial charge in [0.1, 0.15) is 0 Å². The van der Waals surface area contributed by atoms with Crippen molar-refractivity contribution in [1.29, 1.82) is 0 Å². The summed E-state index contributed by atoms with van der Waals surface area (Å²) in [6.07, 6.45) is 0. The number of nitrogens with zero attached hydrogens (tertiary/aromatic N) is 1. The predicted molar refractivity (Wildman–Crippen MR) is 26.3 cm³/mol. The van der Waals surface area contributed by atoms with Gasteiger partial charge in [0, 0.05) is 13.1 Å². The number of hydrogen-bond donors (Lipinski definition) is 0. The fraction of sp³-hybridized carbons (Fsp3) is 0.800. The third kappa shape index (κ3) is 0.548. The second-order valence-electron chi connectivity index (χ2n) is 2.09. The van der Waals surface area contributed by atoms with E-state index < -0.39 is 0 Å². The van der Waals surface area contributed by atoms with Crippen LogP contribution in [0.3, 0.4) is 0 Å². The summed E-state index contributed by atoms with van der Waals surface area (Å²) < 4.78 is 0. The first-order chi connectivity index (χ1) is 2.79. The van der Waals surface area contributed by atoms with Crippen molar-refractivity contribution in [3.63, 3.8) is 0 Å². The van der Waals surface area contributed by atoms with E-state index in [2.05, 4.69) is 18.9 Å². The molecule has 1 aliphatic rings. The summed E-state index contributed by atoms with van der Waals surface area (Å²) in [5.74, 6) is 0.718. The van der Waals surface area contributed by atoms with E-state index in [9.17, 15) is 0 Å². The Bertz CT molecular complexity index is 39.9. The van der Waals surface area contributed by atoms with E-state index in [1.54, 1.807) is 0 Å². The third-order valence-electron chi connectivity index (χ3n) is 1.14. The van der Waals surface area contributed by atoms with Crippen LogP contribution in [0.4, 0.5) is 0 Å². The Balaban J connectivity index is 2.11. The number of likely N-dealkylation sites (tertiary alicyclic amines) is 1. The average Bonchev–Trinajstić information content (AvgIpc) is 1.33. The molecule has 0 saturated carbocycles. The maximum absolute atomic E-state index is 3.85. The van der Waals surface area contributed by atoms with Crippen molar-refractivity contribution in [2.24, 2.45) is 5.92 Å². The molecular formula is C5H10N. The van der Waals surface area contributed by atoms with Gasteiger partial charge >= 0.3 is 0 Å². The van der Waals surface area contributed by atoms with E-state index in [0.717, 1.165) is 5.92 Å². The number of rotatable bonds is 0. The minimum atomic E-state index is 0.718. The summed E-state index contributed by atoms with van der Waals surface area (Å²) in [6, 6.07) is 0. The molecule has 1 saturated heterocycles. The number of hydrogen-bond acceptors (Lipinski definition) is 1.